The number of carboxylic acids is 1. The number of aliphatic carboxylic acids is 1. The number of alkyl carbamates (subject to hydrolysis) is 1. The van der Waals surface area contributed by atoms with E-state index in [4.69, 9.17) is 25.8 Å². The molecule has 1 atom stereocenters. The Morgan fingerprint density at radius 3 is 2.06 bits per heavy atom. The molecular weight excluding hydrogens is 238 g/mol. The van der Waals surface area contributed by atoms with Gasteiger partial charge >= 0.3 is 6.09 Å². The molecule has 0 aromatic rings. The molecule has 7 heteroatoms. The molecule has 7 nitrogen and oxygen atoms in total. The summed E-state index contributed by atoms with van der Waals surface area (Å²) in [5.41, 5.74) is 4.74. The number of ether oxygens (including phenoxy) is 1. The van der Waals surface area contributed by atoms with Gasteiger partial charge in [0.25, 0.3) is 5.97 Å². The van der Waals surface area contributed by atoms with Gasteiger partial charge in [0.1, 0.15) is 11.4 Å². The normalized spacial score (nSPS) is 11.6. The molecule has 0 aliphatic carbocycles. The van der Waals surface area contributed by atoms with Gasteiger partial charge < -0.3 is 20.9 Å². The molecule has 0 saturated heterocycles. The lowest BCUT2D eigenvalue weighted by Crippen LogP contribution is -2.45. The molecule has 1 unspecified atom stereocenters. The van der Waals surface area contributed by atoms with Crippen molar-refractivity contribution in [2.24, 2.45) is 5.73 Å². The molecule has 0 heterocycles. The van der Waals surface area contributed by atoms with E-state index in [1.165, 1.54) is 0 Å². The number of amides is 1. The molecule has 106 valence electrons. The zero-order valence-electron chi connectivity index (χ0n) is 11.5. The number of carboxylic acid groups (broad SMARTS) is 1. The van der Waals surface area contributed by atoms with Crippen molar-refractivity contribution in [1.29, 1.82) is 5.41 Å². The molecule has 0 aromatic heterocycles. The Labute approximate surface area is 107 Å². The predicted octanol–water partition coefficient (Wildman–Crippen LogP) is 1.32. The van der Waals surface area contributed by atoms with Crippen molar-refractivity contribution >= 4 is 17.9 Å². The lowest BCUT2D eigenvalue weighted by atomic mass is 10.2. The number of carbonyl (C=O) groups excluding carboxylic acids is 1. The van der Waals surface area contributed by atoms with Gasteiger partial charge in [-0.3, -0.25) is 10.2 Å². The van der Waals surface area contributed by atoms with Crippen molar-refractivity contribution in [3.8, 4) is 0 Å². The monoisotopic (exact) mass is 261 g/mol. The Bertz CT molecular complexity index is 293. The summed E-state index contributed by atoms with van der Waals surface area (Å²) < 4.78 is 5.02. The van der Waals surface area contributed by atoms with Gasteiger partial charge in [-0.25, -0.2) is 4.79 Å². The highest BCUT2D eigenvalue weighted by Gasteiger charge is 2.19. The Balaban J connectivity index is 0. The van der Waals surface area contributed by atoms with Crippen LogP contribution in [0.1, 0.15) is 41.0 Å². The summed E-state index contributed by atoms with van der Waals surface area (Å²) >= 11 is 0. The van der Waals surface area contributed by atoms with E-state index >= 15 is 0 Å². The minimum atomic E-state index is -0.833. The highest BCUT2D eigenvalue weighted by atomic mass is 16.6. The summed E-state index contributed by atoms with van der Waals surface area (Å²) in [5, 5.41) is 17.1. The summed E-state index contributed by atoms with van der Waals surface area (Å²) in [6, 6.07) is -0.440. The van der Waals surface area contributed by atoms with E-state index in [9.17, 15) is 4.79 Å². The van der Waals surface area contributed by atoms with E-state index in [2.05, 4.69) is 5.32 Å². The van der Waals surface area contributed by atoms with Gasteiger partial charge in [0.2, 0.25) is 0 Å². The quantitative estimate of drug-likeness (QED) is 0.450. The zero-order chi connectivity index (χ0) is 14.9. The van der Waals surface area contributed by atoms with Crippen molar-refractivity contribution in [3.05, 3.63) is 0 Å². The van der Waals surface area contributed by atoms with Crippen molar-refractivity contribution < 1.29 is 19.4 Å². The first-order valence-corrected chi connectivity index (χ1v) is 5.52. The minimum absolute atomic E-state index is 0.0571. The third kappa shape index (κ3) is 14.2. The van der Waals surface area contributed by atoms with Crippen molar-refractivity contribution in [3.63, 3.8) is 0 Å². The smallest absolute Gasteiger partial charge is 0.408 e. The average Bonchev–Trinajstić information content (AvgIpc) is 2.09. The number of nitrogens with two attached hydrogens (primary N) is 1. The molecule has 0 aliphatic rings. The molecule has 0 radical (unpaired) electrons. The third-order valence-corrected chi connectivity index (χ3v) is 1.47. The summed E-state index contributed by atoms with van der Waals surface area (Å²) in [4.78, 5) is 20.2. The van der Waals surface area contributed by atoms with Crippen LogP contribution in [0, 0.1) is 5.41 Å². The van der Waals surface area contributed by atoms with Gasteiger partial charge in [0.05, 0.1) is 6.04 Å². The van der Waals surface area contributed by atoms with Gasteiger partial charge in [-0.1, -0.05) is 6.92 Å². The van der Waals surface area contributed by atoms with Gasteiger partial charge in [-0.05, 0) is 27.2 Å². The fourth-order valence-corrected chi connectivity index (χ4v) is 0.850. The first-order chi connectivity index (χ1) is 7.99. The second kappa shape index (κ2) is 8.32. The van der Waals surface area contributed by atoms with Crippen LogP contribution in [-0.4, -0.2) is 34.6 Å². The van der Waals surface area contributed by atoms with E-state index in [1.54, 1.807) is 20.8 Å². The van der Waals surface area contributed by atoms with E-state index in [0.717, 1.165) is 6.92 Å². The van der Waals surface area contributed by atoms with Crippen LogP contribution in [0.5, 0.6) is 0 Å². The predicted molar refractivity (Wildman–Crippen MR) is 68.7 cm³/mol. The van der Waals surface area contributed by atoms with Crippen molar-refractivity contribution in [2.45, 2.75) is 52.7 Å². The molecule has 0 rings (SSSR count). The van der Waals surface area contributed by atoms with Crippen LogP contribution in [0.4, 0.5) is 4.79 Å². The molecular formula is C11H23N3O4. The number of hydrogen-bond acceptors (Lipinski definition) is 4. The molecule has 1 amide bonds. The first-order valence-electron chi connectivity index (χ1n) is 5.52. The summed E-state index contributed by atoms with van der Waals surface area (Å²) in [7, 11) is 0. The van der Waals surface area contributed by atoms with Crippen molar-refractivity contribution in [1.82, 2.24) is 5.32 Å². The molecule has 0 spiro atoms. The average molecular weight is 261 g/mol. The van der Waals surface area contributed by atoms with Crippen LogP contribution in [0.2, 0.25) is 0 Å². The topological polar surface area (TPSA) is 126 Å². The lowest BCUT2D eigenvalue weighted by Gasteiger charge is -2.22. The van der Waals surface area contributed by atoms with Crippen LogP contribution in [0.15, 0.2) is 0 Å². The van der Waals surface area contributed by atoms with Crippen molar-refractivity contribution in [2.75, 3.05) is 0 Å². The standard InChI is InChI=1S/C9H19N3O2.C2H4O2/c1-5-6(7(10)11)12-8(13)14-9(2,3)4;1-2(3)4/h6H,5H2,1-4H3,(H3,10,11)(H,12,13);1H3,(H,3,4). The molecule has 0 aliphatic heterocycles. The fraction of sp³-hybridized carbons (Fsp3) is 0.727. The minimum Gasteiger partial charge on any atom is -0.481 e. The van der Waals surface area contributed by atoms with Crippen LogP contribution in [0.3, 0.4) is 0 Å². The summed E-state index contributed by atoms with van der Waals surface area (Å²) in [6.45, 7) is 8.26. The van der Waals surface area contributed by atoms with Gasteiger partial charge in [0, 0.05) is 6.92 Å². The van der Waals surface area contributed by atoms with E-state index in [1.807, 2.05) is 6.92 Å². The van der Waals surface area contributed by atoms with Crippen LogP contribution < -0.4 is 11.1 Å². The Morgan fingerprint density at radius 2 is 1.83 bits per heavy atom. The number of hydrogen-bond donors (Lipinski definition) is 4. The second-order valence-electron chi connectivity index (χ2n) is 4.58. The van der Waals surface area contributed by atoms with Gasteiger partial charge in [-0.15, -0.1) is 0 Å². The molecule has 0 bridgehead atoms. The lowest BCUT2D eigenvalue weighted by molar-refractivity contribution is -0.134. The van der Waals surface area contributed by atoms with Gasteiger partial charge in [0.15, 0.2) is 0 Å². The first kappa shape index (κ1) is 18.6. The molecule has 18 heavy (non-hydrogen) atoms. The van der Waals surface area contributed by atoms with Gasteiger partial charge in [-0.2, -0.15) is 0 Å². The number of amidine groups is 1. The highest BCUT2D eigenvalue weighted by Crippen LogP contribution is 2.06. The third-order valence-electron chi connectivity index (χ3n) is 1.47. The van der Waals surface area contributed by atoms with E-state index in [-0.39, 0.29) is 5.84 Å². The largest absolute Gasteiger partial charge is 0.481 e. The molecule has 0 aromatic carbocycles. The second-order valence-corrected chi connectivity index (χ2v) is 4.58. The number of carbonyl (C=O) groups is 2. The highest BCUT2D eigenvalue weighted by molar-refractivity contribution is 5.86. The number of nitrogens with one attached hydrogen (secondary N) is 2. The Hall–Kier alpha value is -1.79. The maximum atomic E-state index is 11.2. The Morgan fingerprint density at radius 1 is 1.44 bits per heavy atom. The SMILES string of the molecule is CC(=O)O.CCC(NC(=O)OC(C)(C)C)C(=N)N. The zero-order valence-corrected chi connectivity index (χ0v) is 11.5. The van der Waals surface area contributed by atoms with Crippen LogP contribution in [-0.2, 0) is 9.53 Å². The van der Waals surface area contributed by atoms with E-state index in [0.29, 0.717) is 6.42 Å². The fourth-order valence-electron chi connectivity index (χ4n) is 0.850. The van der Waals surface area contributed by atoms with E-state index < -0.39 is 23.7 Å². The maximum Gasteiger partial charge on any atom is 0.408 e. The summed E-state index contributed by atoms with van der Waals surface area (Å²) in [6.07, 6.45) is 0.0359. The number of rotatable bonds is 3. The summed E-state index contributed by atoms with van der Waals surface area (Å²) in [5.74, 6) is -0.890. The molecule has 5 N–H and O–H groups in total. The molecule has 0 fully saturated rings. The van der Waals surface area contributed by atoms with Crippen LogP contribution >= 0.6 is 0 Å². The van der Waals surface area contributed by atoms with Crippen LogP contribution in [0.25, 0.3) is 0 Å². The maximum absolute atomic E-state index is 11.2. The Kier molecular flexibility index (Phi) is 8.59. The molecule has 0 saturated carbocycles.